The van der Waals surface area contributed by atoms with E-state index in [1.807, 2.05) is 61.7 Å². The highest BCUT2D eigenvalue weighted by Crippen LogP contribution is 2.25. The van der Waals surface area contributed by atoms with Crippen molar-refractivity contribution >= 4 is 21.6 Å². The quantitative estimate of drug-likeness (QED) is 0.430. The first-order valence-electron chi connectivity index (χ1n) is 11.2. The molecule has 1 saturated heterocycles. The molecule has 0 bridgehead atoms. The number of fused-ring (bicyclic) bond motifs is 1. The number of rotatable bonds is 8. The maximum atomic E-state index is 10.5. The van der Waals surface area contributed by atoms with Crippen LogP contribution >= 0.6 is 11.3 Å². The topological polar surface area (TPSA) is 79.5 Å². The monoisotopic (exact) mass is 464 g/mol. The van der Waals surface area contributed by atoms with E-state index in [1.165, 1.54) is 0 Å². The Kier molecular flexibility index (Phi) is 6.63. The Bertz CT molecular complexity index is 1190. The van der Waals surface area contributed by atoms with Crippen molar-refractivity contribution < 1.29 is 9.84 Å². The van der Waals surface area contributed by atoms with E-state index < -0.39 is 6.10 Å². The van der Waals surface area contributed by atoms with E-state index in [-0.39, 0.29) is 6.61 Å². The number of aryl methyl sites for hydroxylation is 1. The third-order valence-corrected chi connectivity index (χ3v) is 6.71. The number of aliphatic hydroxyl groups excluding tert-OH is 1. The Morgan fingerprint density at radius 1 is 1.06 bits per heavy atom. The number of β-amino-alcohol motifs (C(OH)–C–C–N with tert-alkyl or cyclic N) is 1. The normalized spacial score (nSPS) is 16.3. The van der Waals surface area contributed by atoms with Crippen LogP contribution in [0.25, 0.3) is 15.9 Å². The first kappa shape index (κ1) is 22.0. The summed E-state index contributed by atoms with van der Waals surface area (Å²) in [5, 5.41) is 20.5. The van der Waals surface area contributed by atoms with E-state index in [2.05, 4.69) is 25.0 Å². The fraction of sp³-hybridized carbons (Fsp3) is 0.375. The molecule has 0 spiro atoms. The number of aliphatic hydroxyl groups is 1. The standard InChI is InChI=1S/C24H28N6O2S/c1-18-26-23-13-22(7-8-24(23)33-18)32-17-21(31)16-29-11-9-28(10-12-29)15-19-14-25-30(27-19)20-5-3-2-4-6-20/h2-8,13-14,21,31H,9-12,15-17H2,1H3/t21-/m1/s1. The van der Waals surface area contributed by atoms with Crippen molar-refractivity contribution in [3.63, 3.8) is 0 Å². The lowest BCUT2D eigenvalue weighted by molar-refractivity contribution is 0.0444. The summed E-state index contributed by atoms with van der Waals surface area (Å²) in [6.45, 7) is 7.36. The lowest BCUT2D eigenvalue weighted by Crippen LogP contribution is -2.48. The smallest absolute Gasteiger partial charge is 0.121 e. The second-order valence-corrected chi connectivity index (χ2v) is 9.60. The molecule has 1 N–H and O–H groups in total. The van der Waals surface area contributed by atoms with Gasteiger partial charge in [0.05, 0.1) is 32.8 Å². The highest BCUT2D eigenvalue weighted by Gasteiger charge is 2.20. The van der Waals surface area contributed by atoms with Crippen LogP contribution < -0.4 is 4.74 Å². The Balaban J connectivity index is 1.05. The Morgan fingerprint density at radius 3 is 2.67 bits per heavy atom. The molecule has 1 aliphatic rings. The Morgan fingerprint density at radius 2 is 1.85 bits per heavy atom. The van der Waals surface area contributed by atoms with Gasteiger partial charge in [-0.05, 0) is 31.2 Å². The van der Waals surface area contributed by atoms with Crippen LogP contribution in [-0.2, 0) is 6.54 Å². The maximum absolute atomic E-state index is 10.5. The number of nitrogens with zero attached hydrogens (tertiary/aromatic N) is 6. The Labute approximate surface area is 197 Å². The number of benzene rings is 2. The van der Waals surface area contributed by atoms with Crippen LogP contribution in [-0.4, -0.2) is 80.3 Å². The lowest BCUT2D eigenvalue weighted by Gasteiger charge is -2.35. The van der Waals surface area contributed by atoms with Crippen molar-refractivity contribution in [3.8, 4) is 11.4 Å². The van der Waals surface area contributed by atoms with Crippen LogP contribution in [0.5, 0.6) is 5.75 Å². The number of para-hydroxylation sites is 1. The van der Waals surface area contributed by atoms with Crippen molar-refractivity contribution in [1.29, 1.82) is 0 Å². The van der Waals surface area contributed by atoms with Crippen molar-refractivity contribution in [3.05, 3.63) is 65.4 Å². The molecule has 5 rings (SSSR count). The minimum atomic E-state index is -0.532. The van der Waals surface area contributed by atoms with Gasteiger partial charge in [-0.1, -0.05) is 18.2 Å². The zero-order chi connectivity index (χ0) is 22.6. The van der Waals surface area contributed by atoms with Gasteiger partial charge >= 0.3 is 0 Å². The number of hydrogen-bond acceptors (Lipinski definition) is 8. The molecule has 1 fully saturated rings. The van der Waals surface area contributed by atoms with E-state index in [1.54, 1.807) is 16.1 Å². The molecule has 33 heavy (non-hydrogen) atoms. The number of thiazole rings is 1. The lowest BCUT2D eigenvalue weighted by atomic mass is 10.2. The molecule has 0 unspecified atom stereocenters. The van der Waals surface area contributed by atoms with Crippen molar-refractivity contribution in [1.82, 2.24) is 29.8 Å². The molecule has 0 radical (unpaired) electrons. The van der Waals surface area contributed by atoms with Crippen LogP contribution in [0.3, 0.4) is 0 Å². The summed E-state index contributed by atoms with van der Waals surface area (Å²) in [5.74, 6) is 0.750. The van der Waals surface area contributed by atoms with E-state index in [9.17, 15) is 5.11 Å². The zero-order valence-corrected chi connectivity index (χ0v) is 19.5. The first-order valence-corrected chi connectivity index (χ1v) is 12.0. The minimum absolute atomic E-state index is 0.275. The summed E-state index contributed by atoms with van der Waals surface area (Å²) in [7, 11) is 0. The van der Waals surface area contributed by atoms with E-state index in [0.29, 0.717) is 6.54 Å². The van der Waals surface area contributed by atoms with E-state index in [0.717, 1.165) is 65.1 Å². The second kappa shape index (κ2) is 9.96. The zero-order valence-electron chi connectivity index (χ0n) is 18.7. The van der Waals surface area contributed by atoms with Crippen LogP contribution in [0.2, 0.25) is 0 Å². The summed E-state index contributed by atoms with van der Waals surface area (Å²) in [6, 6.07) is 15.9. The molecule has 9 heteroatoms. The summed E-state index contributed by atoms with van der Waals surface area (Å²) in [6.07, 6.45) is 1.31. The van der Waals surface area contributed by atoms with E-state index in [4.69, 9.17) is 4.74 Å². The van der Waals surface area contributed by atoms with Crippen molar-refractivity contribution in [2.24, 2.45) is 0 Å². The van der Waals surface area contributed by atoms with Crippen LogP contribution in [0.4, 0.5) is 0 Å². The van der Waals surface area contributed by atoms with Gasteiger partial charge in [-0.3, -0.25) is 9.80 Å². The van der Waals surface area contributed by atoms with Crippen molar-refractivity contribution in [2.75, 3.05) is 39.3 Å². The average Bonchev–Trinajstić information content (AvgIpc) is 3.45. The number of aromatic nitrogens is 4. The van der Waals surface area contributed by atoms with Crippen LogP contribution in [0.1, 0.15) is 10.7 Å². The molecule has 4 aromatic rings. The van der Waals surface area contributed by atoms with Gasteiger partial charge in [-0.15, -0.1) is 11.3 Å². The highest BCUT2D eigenvalue weighted by atomic mass is 32.1. The molecule has 1 atom stereocenters. The van der Waals surface area contributed by atoms with Gasteiger partial charge in [-0.25, -0.2) is 4.98 Å². The highest BCUT2D eigenvalue weighted by molar-refractivity contribution is 7.18. The SMILES string of the molecule is Cc1nc2cc(OC[C@H](O)CN3CCN(Cc4cnn(-c5ccccc5)n4)CC3)ccc2s1. The molecule has 1 aliphatic heterocycles. The number of piperazine rings is 1. The van der Waals surface area contributed by atoms with Gasteiger partial charge in [0.2, 0.25) is 0 Å². The van der Waals surface area contributed by atoms with Gasteiger partial charge in [0.1, 0.15) is 18.5 Å². The fourth-order valence-corrected chi connectivity index (χ4v) is 4.87. The molecule has 2 aromatic heterocycles. The maximum Gasteiger partial charge on any atom is 0.121 e. The molecule has 8 nitrogen and oxygen atoms in total. The van der Waals surface area contributed by atoms with E-state index >= 15 is 0 Å². The third-order valence-electron chi connectivity index (χ3n) is 5.75. The van der Waals surface area contributed by atoms with Gasteiger partial charge in [0.25, 0.3) is 0 Å². The summed E-state index contributed by atoms with van der Waals surface area (Å²) in [4.78, 5) is 10.8. The van der Waals surface area contributed by atoms with Gasteiger partial charge < -0.3 is 9.84 Å². The summed E-state index contributed by atoms with van der Waals surface area (Å²) in [5.41, 5.74) is 2.88. The molecular formula is C24H28N6O2S. The average molecular weight is 465 g/mol. The summed E-state index contributed by atoms with van der Waals surface area (Å²) < 4.78 is 6.98. The first-order chi connectivity index (χ1) is 16.1. The molecule has 3 heterocycles. The number of ether oxygens (including phenoxy) is 1. The molecular weight excluding hydrogens is 436 g/mol. The van der Waals surface area contributed by atoms with Gasteiger partial charge in [-0.2, -0.15) is 15.0 Å². The number of hydrogen-bond donors (Lipinski definition) is 1. The summed E-state index contributed by atoms with van der Waals surface area (Å²) >= 11 is 1.67. The second-order valence-electron chi connectivity index (χ2n) is 8.36. The predicted molar refractivity (Wildman–Crippen MR) is 129 cm³/mol. The largest absolute Gasteiger partial charge is 0.491 e. The Hall–Kier alpha value is -2.85. The fourth-order valence-electron chi connectivity index (χ4n) is 4.07. The van der Waals surface area contributed by atoms with Gasteiger partial charge in [0.15, 0.2) is 0 Å². The van der Waals surface area contributed by atoms with Crippen molar-refractivity contribution in [2.45, 2.75) is 19.6 Å². The molecule has 0 aliphatic carbocycles. The minimum Gasteiger partial charge on any atom is -0.491 e. The van der Waals surface area contributed by atoms with Crippen LogP contribution in [0.15, 0.2) is 54.7 Å². The predicted octanol–water partition coefficient (Wildman–Crippen LogP) is 2.74. The third kappa shape index (κ3) is 5.56. The molecule has 0 amide bonds. The molecule has 0 saturated carbocycles. The molecule has 172 valence electrons. The van der Waals surface area contributed by atoms with Crippen LogP contribution in [0, 0.1) is 6.92 Å². The molecule has 2 aromatic carbocycles. The van der Waals surface area contributed by atoms with Gasteiger partial charge in [0, 0.05) is 45.3 Å².